The number of fused-ring (bicyclic) bond motifs is 1. The van der Waals surface area contributed by atoms with E-state index < -0.39 is 0 Å². The van der Waals surface area contributed by atoms with Crippen LogP contribution >= 0.6 is 23.2 Å². The molecular weight excluding hydrogens is 281 g/mol. The van der Waals surface area contributed by atoms with Gasteiger partial charge in [-0.3, -0.25) is 0 Å². The Morgan fingerprint density at radius 1 is 1.26 bits per heavy atom. The fourth-order valence-corrected chi connectivity index (χ4v) is 2.92. The number of benzene rings is 1. The van der Waals surface area contributed by atoms with Crippen molar-refractivity contribution in [3.05, 3.63) is 33.5 Å². The Morgan fingerprint density at radius 3 is 2.63 bits per heavy atom. The summed E-state index contributed by atoms with van der Waals surface area (Å²) in [5.74, 6) is 1.32. The lowest BCUT2D eigenvalue weighted by Gasteiger charge is -2.08. The van der Waals surface area contributed by atoms with Crippen molar-refractivity contribution in [3.63, 3.8) is 0 Å². The Morgan fingerprint density at radius 2 is 2.00 bits per heavy atom. The molecule has 1 aromatic carbocycles. The number of rotatable bonds is 5. The molecule has 104 valence electrons. The van der Waals surface area contributed by atoms with Crippen molar-refractivity contribution in [1.82, 2.24) is 5.32 Å². The number of halogens is 2. The monoisotopic (exact) mass is 299 g/mol. The average molecular weight is 300 g/mol. The second-order valence-electron chi connectivity index (χ2n) is 5.03. The van der Waals surface area contributed by atoms with Crippen LogP contribution in [0, 0.1) is 0 Å². The van der Waals surface area contributed by atoms with Crippen LogP contribution in [0.15, 0.2) is 16.5 Å². The molecular formula is C15H19Cl2NO. The third-order valence-electron chi connectivity index (χ3n) is 3.11. The second-order valence-corrected chi connectivity index (χ2v) is 5.87. The molecule has 1 N–H and O–H groups in total. The summed E-state index contributed by atoms with van der Waals surface area (Å²) in [6, 6.07) is 3.61. The van der Waals surface area contributed by atoms with E-state index >= 15 is 0 Å². The largest absolute Gasteiger partial charge is 0.459 e. The van der Waals surface area contributed by atoms with Crippen LogP contribution in [-0.4, -0.2) is 6.54 Å². The summed E-state index contributed by atoms with van der Waals surface area (Å²) in [5, 5.41) is 5.64. The lowest BCUT2D eigenvalue weighted by atomic mass is 9.99. The molecule has 0 saturated heterocycles. The summed E-state index contributed by atoms with van der Waals surface area (Å²) in [6.45, 7) is 8.15. The number of hydrogen-bond donors (Lipinski definition) is 1. The van der Waals surface area contributed by atoms with E-state index in [-0.39, 0.29) is 0 Å². The molecule has 0 aliphatic rings. The van der Waals surface area contributed by atoms with E-state index in [1.54, 1.807) is 6.07 Å². The molecule has 4 heteroatoms. The fourth-order valence-electron chi connectivity index (χ4n) is 2.34. The van der Waals surface area contributed by atoms with Gasteiger partial charge >= 0.3 is 0 Å². The molecule has 19 heavy (non-hydrogen) atoms. The summed E-state index contributed by atoms with van der Waals surface area (Å²) in [5.41, 5.74) is 1.95. The first kappa shape index (κ1) is 14.7. The van der Waals surface area contributed by atoms with E-state index in [2.05, 4.69) is 26.1 Å². The molecule has 0 radical (unpaired) electrons. The van der Waals surface area contributed by atoms with Gasteiger partial charge in [0.05, 0.1) is 11.6 Å². The summed E-state index contributed by atoms with van der Waals surface area (Å²) in [7, 11) is 0. The van der Waals surface area contributed by atoms with Gasteiger partial charge in [0.15, 0.2) is 0 Å². The predicted molar refractivity (Wildman–Crippen MR) is 82.3 cm³/mol. The van der Waals surface area contributed by atoms with Crippen molar-refractivity contribution in [2.75, 3.05) is 6.54 Å². The van der Waals surface area contributed by atoms with E-state index in [0.29, 0.717) is 16.0 Å². The zero-order valence-corrected chi connectivity index (χ0v) is 13.0. The Balaban J connectivity index is 2.51. The third kappa shape index (κ3) is 3.07. The number of furan rings is 1. The molecule has 0 aliphatic carbocycles. The SMILES string of the molecule is CCCNCc1oc2cc(Cl)cc(Cl)c2c1C(C)C. The molecule has 0 bridgehead atoms. The first-order chi connectivity index (χ1) is 9.04. The summed E-state index contributed by atoms with van der Waals surface area (Å²) >= 11 is 12.4. The van der Waals surface area contributed by atoms with Crippen molar-refractivity contribution in [2.45, 2.75) is 39.7 Å². The lowest BCUT2D eigenvalue weighted by molar-refractivity contribution is 0.504. The predicted octanol–water partition coefficient (Wildman–Crippen LogP) is 5.36. The first-order valence-electron chi connectivity index (χ1n) is 6.65. The van der Waals surface area contributed by atoms with E-state index in [0.717, 1.165) is 36.2 Å². The number of hydrogen-bond acceptors (Lipinski definition) is 2. The topological polar surface area (TPSA) is 25.2 Å². The van der Waals surface area contributed by atoms with Crippen molar-refractivity contribution in [2.24, 2.45) is 0 Å². The maximum absolute atomic E-state index is 6.32. The van der Waals surface area contributed by atoms with Crippen LogP contribution in [-0.2, 0) is 6.54 Å². The summed E-state index contributed by atoms with van der Waals surface area (Å²) < 4.78 is 5.94. The molecule has 2 nitrogen and oxygen atoms in total. The molecule has 0 aliphatic heterocycles. The van der Waals surface area contributed by atoms with Crippen LogP contribution in [0.4, 0.5) is 0 Å². The maximum Gasteiger partial charge on any atom is 0.137 e. The van der Waals surface area contributed by atoms with E-state index in [4.69, 9.17) is 27.6 Å². The van der Waals surface area contributed by atoms with Gasteiger partial charge in [-0.05, 0) is 24.9 Å². The molecule has 0 atom stereocenters. The molecule has 0 unspecified atom stereocenters. The Labute approximate surface area is 124 Å². The molecule has 0 saturated carbocycles. The third-order valence-corrected chi connectivity index (χ3v) is 3.63. The van der Waals surface area contributed by atoms with Crippen LogP contribution < -0.4 is 5.32 Å². The van der Waals surface area contributed by atoms with Gasteiger partial charge in [0.2, 0.25) is 0 Å². The Hall–Kier alpha value is -0.700. The molecule has 2 aromatic rings. The van der Waals surface area contributed by atoms with Crippen LogP contribution in [0.25, 0.3) is 11.0 Å². The summed E-state index contributed by atoms with van der Waals surface area (Å²) in [6.07, 6.45) is 1.10. The van der Waals surface area contributed by atoms with E-state index in [1.165, 1.54) is 5.56 Å². The van der Waals surface area contributed by atoms with Gasteiger partial charge in [-0.2, -0.15) is 0 Å². The lowest BCUT2D eigenvalue weighted by Crippen LogP contribution is -2.14. The van der Waals surface area contributed by atoms with E-state index in [9.17, 15) is 0 Å². The molecule has 1 heterocycles. The van der Waals surface area contributed by atoms with Gasteiger partial charge in [0.1, 0.15) is 11.3 Å². The van der Waals surface area contributed by atoms with Crippen molar-refractivity contribution < 1.29 is 4.42 Å². The Bertz CT molecular complexity index is 575. The van der Waals surface area contributed by atoms with Crippen molar-refractivity contribution in [3.8, 4) is 0 Å². The Kier molecular flexibility index (Phi) is 4.77. The molecule has 0 spiro atoms. The van der Waals surface area contributed by atoms with Gasteiger partial charge in [0, 0.05) is 22.0 Å². The normalized spacial score (nSPS) is 11.7. The van der Waals surface area contributed by atoms with Crippen molar-refractivity contribution >= 4 is 34.2 Å². The van der Waals surface area contributed by atoms with E-state index in [1.807, 2.05) is 6.07 Å². The van der Waals surface area contributed by atoms with Gasteiger partial charge in [0.25, 0.3) is 0 Å². The van der Waals surface area contributed by atoms with Crippen LogP contribution in [0.5, 0.6) is 0 Å². The summed E-state index contributed by atoms with van der Waals surface area (Å²) in [4.78, 5) is 0. The molecule has 1 aromatic heterocycles. The van der Waals surface area contributed by atoms with Gasteiger partial charge < -0.3 is 9.73 Å². The highest BCUT2D eigenvalue weighted by Gasteiger charge is 2.19. The average Bonchev–Trinajstić information content (AvgIpc) is 2.68. The zero-order chi connectivity index (χ0) is 14.0. The van der Waals surface area contributed by atoms with Crippen LogP contribution in [0.3, 0.4) is 0 Å². The molecule has 0 amide bonds. The number of nitrogens with one attached hydrogen (secondary N) is 1. The van der Waals surface area contributed by atoms with Crippen LogP contribution in [0.1, 0.15) is 44.4 Å². The maximum atomic E-state index is 6.32. The smallest absolute Gasteiger partial charge is 0.137 e. The van der Waals surface area contributed by atoms with Crippen LogP contribution in [0.2, 0.25) is 10.0 Å². The highest BCUT2D eigenvalue weighted by molar-refractivity contribution is 6.38. The minimum atomic E-state index is 0.360. The first-order valence-corrected chi connectivity index (χ1v) is 7.41. The molecule has 0 fully saturated rings. The minimum absolute atomic E-state index is 0.360. The zero-order valence-electron chi connectivity index (χ0n) is 11.5. The molecule has 2 rings (SSSR count). The highest BCUT2D eigenvalue weighted by atomic mass is 35.5. The van der Waals surface area contributed by atoms with Gasteiger partial charge in [-0.25, -0.2) is 0 Å². The quantitative estimate of drug-likeness (QED) is 0.752. The second kappa shape index (κ2) is 6.17. The minimum Gasteiger partial charge on any atom is -0.459 e. The fraction of sp³-hybridized carbons (Fsp3) is 0.467. The van der Waals surface area contributed by atoms with Gasteiger partial charge in [-0.15, -0.1) is 0 Å². The van der Waals surface area contributed by atoms with Gasteiger partial charge in [-0.1, -0.05) is 44.0 Å². The standard InChI is InChI=1S/C15H19Cl2NO/c1-4-5-18-8-13-14(9(2)3)15-11(17)6-10(16)7-12(15)19-13/h6-7,9,18H,4-5,8H2,1-3H3. The van der Waals surface area contributed by atoms with Crippen molar-refractivity contribution in [1.29, 1.82) is 0 Å². The highest BCUT2D eigenvalue weighted by Crippen LogP contribution is 2.38.